The van der Waals surface area contributed by atoms with Crippen molar-refractivity contribution >= 4 is 40.6 Å². The van der Waals surface area contributed by atoms with Crippen molar-refractivity contribution in [2.24, 2.45) is 0 Å². The van der Waals surface area contributed by atoms with Gasteiger partial charge in [-0.05, 0) is 85.8 Å². The molecule has 0 bridgehead atoms. The molecular weight excluding hydrogens is 622 g/mol. The molecule has 12 nitrogen and oxygen atoms in total. The van der Waals surface area contributed by atoms with Gasteiger partial charge in [0, 0.05) is 31.8 Å². The molecule has 47 heavy (non-hydrogen) atoms. The van der Waals surface area contributed by atoms with Gasteiger partial charge >= 0.3 is 12.2 Å². The molecule has 3 aromatic rings. The van der Waals surface area contributed by atoms with E-state index in [1.54, 1.807) is 44.4 Å². The molecule has 5 rings (SSSR count). The van der Waals surface area contributed by atoms with Crippen LogP contribution >= 0.6 is 11.6 Å². The van der Waals surface area contributed by atoms with Gasteiger partial charge in [0.25, 0.3) is 0 Å². The number of carbonyl (C=O) groups excluding carboxylic acids is 2. The summed E-state index contributed by atoms with van der Waals surface area (Å²) in [6, 6.07) is 5.62. The normalized spacial score (nSPS) is 18.1. The predicted molar refractivity (Wildman–Crippen MR) is 177 cm³/mol. The van der Waals surface area contributed by atoms with Gasteiger partial charge in [-0.25, -0.2) is 19.3 Å². The minimum atomic E-state index is -0.781. The summed E-state index contributed by atoms with van der Waals surface area (Å²) >= 11 is 6.69. The van der Waals surface area contributed by atoms with Crippen LogP contribution in [0.5, 0.6) is 0 Å². The summed E-state index contributed by atoms with van der Waals surface area (Å²) in [7, 11) is 1.57. The molecule has 3 heterocycles. The number of benzene rings is 1. The van der Waals surface area contributed by atoms with Crippen LogP contribution in [0.4, 0.5) is 15.4 Å². The summed E-state index contributed by atoms with van der Waals surface area (Å²) in [5.41, 5.74) is 1.06. The number of aromatic nitrogens is 4. The average Bonchev–Trinajstić information content (AvgIpc) is 3.43. The molecule has 1 aliphatic carbocycles. The Morgan fingerprint density at radius 1 is 1.09 bits per heavy atom. The lowest BCUT2D eigenvalue weighted by molar-refractivity contribution is 0.0145. The zero-order valence-corrected chi connectivity index (χ0v) is 29.0. The largest absolute Gasteiger partial charge is 0.444 e. The number of nitrogens with zero attached hydrogens (tertiary/aromatic N) is 7. The third-order valence-corrected chi connectivity index (χ3v) is 8.14. The number of methoxy groups -OCH3 is 1. The van der Waals surface area contributed by atoms with E-state index in [0.717, 1.165) is 23.9 Å². The Hall–Kier alpha value is -4.26. The van der Waals surface area contributed by atoms with E-state index in [4.69, 9.17) is 30.9 Å². The smallest absolute Gasteiger partial charge is 0.416 e. The fourth-order valence-electron chi connectivity index (χ4n) is 5.69. The molecule has 2 aliphatic rings. The van der Waals surface area contributed by atoms with Crippen LogP contribution in [0.1, 0.15) is 96.6 Å². The van der Waals surface area contributed by atoms with Gasteiger partial charge < -0.3 is 23.7 Å². The van der Waals surface area contributed by atoms with Gasteiger partial charge in [-0.1, -0.05) is 17.5 Å². The first-order chi connectivity index (χ1) is 22.1. The summed E-state index contributed by atoms with van der Waals surface area (Å²) in [4.78, 5) is 34.3. The topological polar surface area (TPSA) is 128 Å². The van der Waals surface area contributed by atoms with Crippen LogP contribution in [0.2, 0.25) is 5.02 Å². The molecule has 2 fully saturated rings. The summed E-state index contributed by atoms with van der Waals surface area (Å²) in [6.45, 7) is 13.2. The maximum atomic E-state index is 13.5. The lowest BCUT2D eigenvalue weighted by Gasteiger charge is -2.28. The van der Waals surface area contributed by atoms with Crippen LogP contribution in [-0.4, -0.2) is 80.5 Å². The van der Waals surface area contributed by atoms with Crippen molar-refractivity contribution in [3.8, 4) is 17.9 Å². The number of hydrogen-bond acceptors (Lipinski definition) is 8. The molecular formula is C34H42ClN7O5. The first kappa shape index (κ1) is 34.1. The van der Waals surface area contributed by atoms with Crippen LogP contribution in [0.15, 0.2) is 18.5 Å². The van der Waals surface area contributed by atoms with Crippen LogP contribution in [0, 0.1) is 23.2 Å². The fraction of sp³-hybridized carbons (Fsp3) is 0.559. The number of ether oxygens (including phenoxy) is 3. The average molecular weight is 664 g/mol. The highest BCUT2D eigenvalue weighted by Crippen LogP contribution is 2.38. The van der Waals surface area contributed by atoms with Crippen molar-refractivity contribution < 1.29 is 23.8 Å². The van der Waals surface area contributed by atoms with Crippen LogP contribution < -0.4 is 4.90 Å². The number of rotatable bonds is 6. The number of anilines is 1. The number of hydrogen-bond donors (Lipinski definition) is 0. The van der Waals surface area contributed by atoms with E-state index in [1.165, 1.54) is 4.90 Å². The molecule has 0 radical (unpaired) electrons. The van der Waals surface area contributed by atoms with Crippen molar-refractivity contribution in [3.63, 3.8) is 0 Å². The Kier molecular flexibility index (Phi) is 9.50. The standard InChI is InChI=1S/C34H42ClN7O5/c1-9-39(31(43)46-33(2,3)4)30-25(17-36)27(13-10-21-14-28-29(16-26(21)35)41(20-37-28)22-11-12-22)38-42(30)23-15-24(19-45-8)40(18-23)32(44)47-34(5,6)7/h14,16,20,22-24H,9,11-12,15,18-19H2,1-8H3/t23-,24+/m0/s1. The molecule has 250 valence electrons. The third-order valence-electron chi connectivity index (χ3n) is 7.83. The lowest BCUT2D eigenvalue weighted by atomic mass is 10.1. The first-order valence-electron chi connectivity index (χ1n) is 15.8. The number of nitriles is 1. The molecule has 0 N–H and O–H groups in total. The second kappa shape index (κ2) is 13.1. The van der Waals surface area contributed by atoms with Crippen molar-refractivity contribution in [1.82, 2.24) is 24.2 Å². The minimum Gasteiger partial charge on any atom is -0.444 e. The second-order valence-corrected chi connectivity index (χ2v) is 14.3. The predicted octanol–water partition coefficient (Wildman–Crippen LogP) is 6.45. The van der Waals surface area contributed by atoms with Crippen LogP contribution in [0.3, 0.4) is 0 Å². The Morgan fingerprint density at radius 3 is 2.38 bits per heavy atom. The molecule has 2 aromatic heterocycles. The van der Waals surface area contributed by atoms with Gasteiger partial charge in [0.05, 0.1) is 41.1 Å². The summed E-state index contributed by atoms with van der Waals surface area (Å²) in [6.07, 6.45) is 3.39. The molecule has 1 saturated carbocycles. The van der Waals surface area contributed by atoms with Crippen molar-refractivity contribution in [2.75, 3.05) is 31.7 Å². The summed E-state index contributed by atoms with van der Waals surface area (Å²) in [5.74, 6) is 6.38. The van der Waals surface area contributed by atoms with E-state index in [2.05, 4.69) is 27.5 Å². The lowest BCUT2D eigenvalue weighted by Crippen LogP contribution is -2.42. The molecule has 2 amide bonds. The number of carbonyl (C=O) groups is 2. The Morgan fingerprint density at radius 2 is 1.79 bits per heavy atom. The highest BCUT2D eigenvalue weighted by atomic mass is 35.5. The molecule has 0 spiro atoms. The number of imidazole rings is 1. The van der Waals surface area contributed by atoms with Crippen molar-refractivity contribution in [2.45, 2.75) is 97.1 Å². The van der Waals surface area contributed by atoms with E-state index in [9.17, 15) is 14.9 Å². The molecule has 0 unspecified atom stereocenters. The van der Waals surface area contributed by atoms with Gasteiger partial charge in [-0.15, -0.1) is 0 Å². The number of fused-ring (bicyclic) bond motifs is 1. The first-order valence-corrected chi connectivity index (χ1v) is 16.2. The van der Waals surface area contributed by atoms with Gasteiger partial charge in [-0.3, -0.25) is 4.90 Å². The maximum Gasteiger partial charge on any atom is 0.416 e. The Balaban J connectivity index is 1.59. The summed E-state index contributed by atoms with van der Waals surface area (Å²) < 4.78 is 20.6. The van der Waals surface area contributed by atoms with E-state index < -0.39 is 29.4 Å². The molecule has 1 saturated heterocycles. The van der Waals surface area contributed by atoms with Gasteiger partial charge in [0.2, 0.25) is 0 Å². The number of halogens is 1. The zero-order chi connectivity index (χ0) is 34.3. The Bertz CT molecular complexity index is 1780. The van der Waals surface area contributed by atoms with Crippen LogP contribution in [-0.2, 0) is 14.2 Å². The van der Waals surface area contributed by atoms with E-state index >= 15 is 0 Å². The quantitative estimate of drug-likeness (QED) is 0.275. The number of amides is 2. The molecule has 1 aliphatic heterocycles. The zero-order valence-electron chi connectivity index (χ0n) is 28.3. The summed E-state index contributed by atoms with van der Waals surface area (Å²) in [5, 5.41) is 15.7. The maximum absolute atomic E-state index is 13.5. The fourth-order valence-corrected chi connectivity index (χ4v) is 5.89. The van der Waals surface area contributed by atoms with Gasteiger partial charge in [0.15, 0.2) is 11.5 Å². The second-order valence-electron chi connectivity index (χ2n) is 13.9. The highest BCUT2D eigenvalue weighted by molar-refractivity contribution is 6.32. The van der Waals surface area contributed by atoms with Crippen LogP contribution in [0.25, 0.3) is 11.0 Å². The molecule has 13 heteroatoms. The van der Waals surface area contributed by atoms with E-state index in [0.29, 0.717) is 23.0 Å². The Labute approximate surface area is 280 Å². The van der Waals surface area contributed by atoms with E-state index in [-0.39, 0.29) is 42.8 Å². The van der Waals surface area contributed by atoms with Crippen molar-refractivity contribution in [1.29, 1.82) is 5.26 Å². The van der Waals surface area contributed by atoms with E-state index in [1.807, 2.05) is 39.2 Å². The SMILES string of the molecule is CCN(C(=O)OC(C)(C)C)c1c(C#N)c(C#Cc2cc3ncn(C4CC4)c3cc2Cl)nn1[C@H]1C[C@H](COC)N(C(=O)OC(C)(C)C)C1. The highest BCUT2D eigenvalue weighted by Gasteiger charge is 2.41. The van der Waals surface area contributed by atoms with Gasteiger partial charge in [0.1, 0.15) is 22.8 Å². The van der Waals surface area contributed by atoms with Crippen molar-refractivity contribution in [3.05, 3.63) is 40.3 Å². The third kappa shape index (κ3) is 7.50. The minimum absolute atomic E-state index is 0.111. The number of likely N-dealkylation sites (tertiary alicyclic amines) is 1. The molecule has 1 aromatic carbocycles. The monoisotopic (exact) mass is 663 g/mol. The van der Waals surface area contributed by atoms with Gasteiger partial charge in [-0.2, -0.15) is 10.4 Å². The molecule has 2 atom stereocenters.